The zero-order valence-corrected chi connectivity index (χ0v) is 11.7. The lowest BCUT2D eigenvalue weighted by molar-refractivity contribution is 0.454. The summed E-state index contributed by atoms with van der Waals surface area (Å²) in [5, 5.41) is 10.2. The molecule has 0 saturated carbocycles. The number of benzene rings is 1. The molecule has 0 spiro atoms. The molecule has 1 aromatic carbocycles. The first-order valence-electron chi connectivity index (χ1n) is 6.44. The summed E-state index contributed by atoms with van der Waals surface area (Å²) in [6.07, 6.45) is 3.17. The molecule has 0 saturated heterocycles. The van der Waals surface area contributed by atoms with E-state index < -0.39 is 0 Å². The van der Waals surface area contributed by atoms with Crippen molar-refractivity contribution in [2.24, 2.45) is 7.05 Å². The lowest BCUT2D eigenvalue weighted by Crippen LogP contribution is -2.13. The number of aryl methyl sites for hydroxylation is 2. The van der Waals surface area contributed by atoms with E-state index in [-0.39, 0.29) is 22.8 Å². The molecule has 3 rings (SSSR count). The molecule has 3 aromatic rings. The highest BCUT2D eigenvalue weighted by atomic mass is 16.3. The van der Waals surface area contributed by atoms with Gasteiger partial charge in [-0.25, -0.2) is 4.98 Å². The summed E-state index contributed by atoms with van der Waals surface area (Å²) in [6, 6.07) is 7.35. The van der Waals surface area contributed by atoms with Gasteiger partial charge >= 0.3 is 0 Å². The minimum absolute atomic E-state index is 0.180. The zero-order valence-electron chi connectivity index (χ0n) is 11.7. The molecule has 0 atom stereocenters. The Kier molecular flexibility index (Phi) is 3.06. The van der Waals surface area contributed by atoms with Crippen molar-refractivity contribution in [2.45, 2.75) is 6.92 Å². The van der Waals surface area contributed by atoms with Gasteiger partial charge < -0.3 is 14.7 Å². The maximum absolute atomic E-state index is 12.3. The summed E-state index contributed by atoms with van der Waals surface area (Å²) in [7, 11) is 1.79. The highest BCUT2D eigenvalue weighted by Gasteiger charge is 2.16. The first-order valence-corrected chi connectivity index (χ1v) is 6.44. The van der Waals surface area contributed by atoms with Crippen molar-refractivity contribution in [1.29, 1.82) is 0 Å². The Bertz CT molecular complexity index is 864. The van der Waals surface area contributed by atoms with E-state index in [0.717, 1.165) is 5.56 Å². The van der Waals surface area contributed by atoms with Crippen LogP contribution in [0.15, 0.2) is 41.6 Å². The normalized spacial score (nSPS) is 10.8. The maximum Gasteiger partial charge on any atom is 0.262 e. The summed E-state index contributed by atoms with van der Waals surface area (Å²) in [5.74, 6) is -0.000848. The average Bonchev–Trinajstić information content (AvgIpc) is 2.86. The molecular formula is C15H14N4O2. The smallest absolute Gasteiger partial charge is 0.262 e. The third-order valence-corrected chi connectivity index (χ3v) is 3.37. The van der Waals surface area contributed by atoms with Crippen molar-refractivity contribution in [1.82, 2.24) is 19.5 Å². The molecule has 0 fully saturated rings. The van der Waals surface area contributed by atoms with Gasteiger partial charge in [-0.3, -0.25) is 4.79 Å². The standard InChI is InChI=1S/C15H14N4O2/c1-9-5-3-4-6-10(9)12-14(20)17-13(18-15(12)21)11-7-16-8-19(11)2/h3-8H,1-2H3,(H2,17,18,20,21). The van der Waals surface area contributed by atoms with Gasteiger partial charge in [-0.1, -0.05) is 24.3 Å². The first kappa shape index (κ1) is 13.1. The lowest BCUT2D eigenvalue weighted by atomic mass is 10.0. The minimum atomic E-state index is -0.381. The molecule has 6 nitrogen and oxygen atoms in total. The second-order valence-corrected chi connectivity index (χ2v) is 4.82. The van der Waals surface area contributed by atoms with E-state index in [1.807, 2.05) is 25.1 Å². The van der Waals surface area contributed by atoms with Gasteiger partial charge in [0.15, 0.2) is 5.82 Å². The van der Waals surface area contributed by atoms with Crippen molar-refractivity contribution in [3.8, 4) is 28.5 Å². The van der Waals surface area contributed by atoms with Gasteiger partial charge in [0.05, 0.1) is 12.5 Å². The van der Waals surface area contributed by atoms with E-state index in [9.17, 15) is 9.90 Å². The van der Waals surface area contributed by atoms with Crippen LogP contribution in [-0.4, -0.2) is 24.6 Å². The first-order chi connectivity index (χ1) is 10.1. The van der Waals surface area contributed by atoms with Crippen molar-refractivity contribution < 1.29 is 5.11 Å². The number of aromatic hydroxyl groups is 1. The monoisotopic (exact) mass is 282 g/mol. The summed E-state index contributed by atoms with van der Waals surface area (Å²) < 4.78 is 1.71. The quantitative estimate of drug-likeness (QED) is 0.751. The van der Waals surface area contributed by atoms with Gasteiger partial charge in [-0.2, -0.15) is 4.98 Å². The number of nitrogens with zero attached hydrogens (tertiary/aromatic N) is 3. The number of nitrogens with one attached hydrogen (secondary N) is 1. The number of H-pyrrole nitrogens is 1. The van der Waals surface area contributed by atoms with Crippen LogP contribution in [0.5, 0.6) is 5.88 Å². The highest BCUT2D eigenvalue weighted by molar-refractivity contribution is 5.71. The number of rotatable bonds is 2. The van der Waals surface area contributed by atoms with Gasteiger partial charge in [0.1, 0.15) is 11.3 Å². The van der Waals surface area contributed by atoms with Crippen molar-refractivity contribution in [2.75, 3.05) is 0 Å². The van der Waals surface area contributed by atoms with Crippen LogP contribution in [0.25, 0.3) is 22.6 Å². The fourth-order valence-electron chi connectivity index (χ4n) is 2.26. The molecular weight excluding hydrogens is 268 g/mol. The fraction of sp³-hybridized carbons (Fsp3) is 0.133. The Labute approximate surface area is 120 Å². The molecule has 21 heavy (non-hydrogen) atoms. The maximum atomic E-state index is 12.3. The van der Waals surface area contributed by atoms with Crippen LogP contribution < -0.4 is 5.56 Å². The summed E-state index contributed by atoms with van der Waals surface area (Å²) >= 11 is 0. The SMILES string of the molecule is Cc1ccccc1-c1c(O)nc(-c2cncn2C)[nH]c1=O. The van der Waals surface area contributed by atoms with Crippen LogP contribution in [0.4, 0.5) is 0 Å². The third-order valence-electron chi connectivity index (χ3n) is 3.37. The largest absolute Gasteiger partial charge is 0.493 e. The lowest BCUT2D eigenvalue weighted by Gasteiger charge is -2.08. The molecule has 2 aromatic heterocycles. The molecule has 0 aliphatic rings. The van der Waals surface area contributed by atoms with Gasteiger partial charge in [0.25, 0.3) is 5.56 Å². The van der Waals surface area contributed by atoms with E-state index in [0.29, 0.717) is 11.3 Å². The van der Waals surface area contributed by atoms with E-state index in [1.54, 1.807) is 30.2 Å². The predicted octanol–water partition coefficient (Wildman–Crippen LogP) is 1.85. The van der Waals surface area contributed by atoms with Crippen molar-refractivity contribution in [3.63, 3.8) is 0 Å². The summed E-state index contributed by atoms with van der Waals surface area (Å²) in [5.41, 5.74) is 1.99. The number of aromatic nitrogens is 4. The second kappa shape index (κ2) is 4.90. The van der Waals surface area contributed by atoms with Gasteiger partial charge in [0, 0.05) is 7.05 Å². The molecule has 0 aliphatic carbocycles. The molecule has 0 radical (unpaired) electrons. The average molecular weight is 282 g/mol. The molecule has 0 aliphatic heterocycles. The third kappa shape index (κ3) is 2.20. The molecule has 2 heterocycles. The summed E-state index contributed by atoms with van der Waals surface area (Å²) in [6.45, 7) is 1.88. The molecule has 0 amide bonds. The highest BCUT2D eigenvalue weighted by Crippen LogP contribution is 2.27. The Balaban J connectivity index is 2.21. The van der Waals surface area contributed by atoms with E-state index in [1.165, 1.54) is 0 Å². The van der Waals surface area contributed by atoms with Crippen LogP contribution in [0.3, 0.4) is 0 Å². The molecule has 106 valence electrons. The molecule has 6 heteroatoms. The fourth-order valence-corrected chi connectivity index (χ4v) is 2.26. The predicted molar refractivity (Wildman–Crippen MR) is 78.9 cm³/mol. The van der Waals surface area contributed by atoms with Gasteiger partial charge in [0.2, 0.25) is 5.88 Å². The number of hydrogen-bond donors (Lipinski definition) is 2. The van der Waals surface area contributed by atoms with Crippen LogP contribution in [-0.2, 0) is 7.05 Å². The number of hydrogen-bond acceptors (Lipinski definition) is 4. The molecule has 2 N–H and O–H groups in total. The van der Waals surface area contributed by atoms with Crippen molar-refractivity contribution >= 4 is 0 Å². The van der Waals surface area contributed by atoms with Gasteiger partial charge in [-0.15, -0.1) is 0 Å². The Morgan fingerprint density at radius 2 is 2.05 bits per heavy atom. The molecule has 0 bridgehead atoms. The number of aromatic amines is 1. The topological polar surface area (TPSA) is 83.8 Å². The van der Waals surface area contributed by atoms with Crippen LogP contribution in [0, 0.1) is 6.92 Å². The zero-order chi connectivity index (χ0) is 15.0. The van der Waals surface area contributed by atoms with E-state index in [4.69, 9.17) is 0 Å². The van der Waals surface area contributed by atoms with E-state index >= 15 is 0 Å². The second-order valence-electron chi connectivity index (χ2n) is 4.82. The summed E-state index contributed by atoms with van der Waals surface area (Å²) in [4.78, 5) is 23.1. The Hall–Kier alpha value is -2.89. The van der Waals surface area contributed by atoms with Crippen molar-refractivity contribution in [3.05, 3.63) is 52.7 Å². The van der Waals surface area contributed by atoms with Crippen LogP contribution >= 0.6 is 0 Å². The van der Waals surface area contributed by atoms with Gasteiger partial charge in [-0.05, 0) is 18.1 Å². The minimum Gasteiger partial charge on any atom is -0.493 e. The van der Waals surface area contributed by atoms with Crippen LogP contribution in [0.2, 0.25) is 0 Å². The van der Waals surface area contributed by atoms with E-state index in [2.05, 4.69) is 15.0 Å². The van der Waals surface area contributed by atoms with Crippen LogP contribution in [0.1, 0.15) is 5.56 Å². The molecule has 0 unspecified atom stereocenters. The Morgan fingerprint density at radius 1 is 1.29 bits per heavy atom. The number of imidazole rings is 1. The Morgan fingerprint density at radius 3 is 2.67 bits per heavy atom.